The number of carbonyl (C=O) groups excluding carboxylic acids is 2. The summed E-state index contributed by atoms with van der Waals surface area (Å²) in [5.74, 6) is -1.61. The van der Waals surface area contributed by atoms with Gasteiger partial charge in [-0.05, 0) is 29.2 Å². The standard InChI is InChI=1S/C23H22N4O5/c1-13(21(28)25-20-11-19(22(29)30)26-27(20)2)24-23(31)32-12-18-16-9-5-3-7-14(16)15-8-4-6-10-17(15)18/h3-11,13,18H,12H2,1-2H3,(H,24,31)(H,25,28)(H,29,30). The lowest BCUT2D eigenvalue weighted by Gasteiger charge is -2.17. The van der Waals surface area contributed by atoms with E-state index in [0.717, 1.165) is 22.3 Å². The van der Waals surface area contributed by atoms with Crippen molar-refractivity contribution in [2.75, 3.05) is 11.9 Å². The highest BCUT2D eigenvalue weighted by atomic mass is 16.5. The van der Waals surface area contributed by atoms with Crippen LogP contribution < -0.4 is 10.6 Å². The largest absolute Gasteiger partial charge is 0.476 e. The molecule has 4 rings (SSSR count). The fourth-order valence-electron chi connectivity index (χ4n) is 3.81. The highest BCUT2D eigenvalue weighted by molar-refractivity contribution is 5.96. The van der Waals surface area contributed by atoms with Crippen molar-refractivity contribution in [2.24, 2.45) is 7.05 Å². The Morgan fingerprint density at radius 3 is 2.25 bits per heavy atom. The van der Waals surface area contributed by atoms with Crippen LogP contribution in [0.1, 0.15) is 34.5 Å². The minimum atomic E-state index is -1.20. The first kappa shape index (κ1) is 21.1. The highest BCUT2D eigenvalue weighted by Crippen LogP contribution is 2.44. The number of hydrogen-bond donors (Lipinski definition) is 3. The van der Waals surface area contributed by atoms with Gasteiger partial charge in [0.05, 0.1) is 0 Å². The number of nitrogens with one attached hydrogen (secondary N) is 2. The second-order valence-corrected chi connectivity index (χ2v) is 7.52. The average molecular weight is 434 g/mol. The molecule has 1 aliphatic carbocycles. The molecule has 9 nitrogen and oxygen atoms in total. The smallest absolute Gasteiger partial charge is 0.407 e. The minimum Gasteiger partial charge on any atom is -0.476 e. The summed E-state index contributed by atoms with van der Waals surface area (Å²) in [6.07, 6.45) is -0.717. The molecule has 3 N–H and O–H groups in total. The van der Waals surface area contributed by atoms with Gasteiger partial charge in [-0.15, -0.1) is 0 Å². The third-order valence-corrected chi connectivity index (χ3v) is 5.42. The van der Waals surface area contributed by atoms with Crippen molar-refractivity contribution in [3.05, 3.63) is 71.4 Å². The molecular formula is C23H22N4O5. The molecule has 1 unspecified atom stereocenters. The summed E-state index contributed by atoms with van der Waals surface area (Å²) in [7, 11) is 1.51. The summed E-state index contributed by atoms with van der Waals surface area (Å²) in [5.41, 5.74) is 4.25. The molecule has 0 aliphatic heterocycles. The van der Waals surface area contributed by atoms with Gasteiger partial charge < -0.3 is 20.5 Å². The van der Waals surface area contributed by atoms with Gasteiger partial charge in [-0.3, -0.25) is 9.48 Å². The molecule has 9 heteroatoms. The number of benzene rings is 2. The monoisotopic (exact) mass is 434 g/mol. The van der Waals surface area contributed by atoms with Gasteiger partial charge >= 0.3 is 12.1 Å². The molecule has 1 aromatic heterocycles. The van der Waals surface area contributed by atoms with Crippen LogP contribution in [0.15, 0.2) is 54.6 Å². The third-order valence-electron chi connectivity index (χ3n) is 5.42. The molecule has 0 spiro atoms. The van der Waals surface area contributed by atoms with Crippen molar-refractivity contribution < 1.29 is 24.2 Å². The zero-order chi connectivity index (χ0) is 22.8. The predicted molar refractivity (Wildman–Crippen MR) is 116 cm³/mol. The first-order valence-electron chi connectivity index (χ1n) is 10.0. The van der Waals surface area contributed by atoms with E-state index in [1.54, 1.807) is 0 Å². The van der Waals surface area contributed by atoms with Crippen LogP contribution in [-0.4, -0.2) is 45.5 Å². The Balaban J connectivity index is 1.36. The lowest BCUT2D eigenvalue weighted by molar-refractivity contribution is -0.117. The number of aryl methyl sites for hydroxylation is 1. The van der Waals surface area contributed by atoms with Gasteiger partial charge in [0.15, 0.2) is 5.69 Å². The zero-order valence-corrected chi connectivity index (χ0v) is 17.5. The van der Waals surface area contributed by atoms with E-state index in [9.17, 15) is 14.4 Å². The molecule has 2 amide bonds. The average Bonchev–Trinajstić information content (AvgIpc) is 3.30. The van der Waals surface area contributed by atoms with Crippen LogP contribution in [-0.2, 0) is 16.6 Å². The number of aromatic nitrogens is 2. The number of nitrogens with zero attached hydrogens (tertiary/aromatic N) is 2. The molecule has 0 fully saturated rings. The summed E-state index contributed by atoms with van der Waals surface area (Å²) < 4.78 is 6.68. The van der Waals surface area contributed by atoms with Crippen LogP contribution in [0.4, 0.5) is 10.6 Å². The summed E-state index contributed by atoms with van der Waals surface area (Å²) in [6.45, 7) is 1.64. The Hall–Kier alpha value is -4.14. The van der Waals surface area contributed by atoms with Crippen LogP contribution >= 0.6 is 0 Å². The van der Waals surface area contributed by atoms with Gasteiger partial charge in [0.25, 0.3) is 0 Å². The second-order valence-electron chi connectivity index (χ2n) is 7.52. The van der Waals surface area contributed by atoms with Crippen LogP contribution in [0.25, 0.3) is 11.1 Å². The maximum absolute atomic E-state index is 12.4. The van der Waals surface area contributed by atoms with Crippen molar-refractivity contribution in [1.82, 2.24) is 15.1 Å². The number of fused-ring (bicyclic) bond motifs is 3. The van der Waals surface area contributed by atoms with E-state index < -0.39 is 24.0 Å². The van der Waals surface area contributed by atoms with E-state index in [1.165, 1.54) is 24.7 Å². The predicted octanol–water partition coefficient (Wildman–Crippen LogP) is 2.98. The number of ether oxygens (including phenoxy) is 1. The number of hydrogen-bond acceptors (Lipinski definition) is 5. The number of carbonyl (C=O) groups is 3. The number of rotatable bonds is 6. The van der Waals surface area contributed by atoms with Gasteiger partial charge in [-0.1, -0.05) is 48.5 Å². The number of alkyl carbamates (subject to hydrolysis) is 1. The van der Waals surface area contributed by atoms with Crippen LogP contribution in [0.2, 0.25) is 0 Å². The molecule has 164 valence electrons. The Labute approximate surface area is 184 Å². The Morgan fingerprint density at radius 2 is 1.69 bits per heavy atom. The van der Waals surface area contributed by atoms with Crippen molar-refractivity contribution in [2.45, 2.75) is 18.9 Å². The van der Waals surface area contributed by atoms with Crippen LogP contribution in [0, 0.1) is 0 Å². The Bertz CT molecular complexity index is 1160. The Kier molecular flexibility index (Phi) is 5.63. The lowest BCUT2D eigenvalue weighted by Crippen LogP contribution is -2.42. The van der Waals surface area contributed by atoms with Crippen molar-refractivity contribution in [3.63, 3.8) is 0 Å². The molecule has 1 heterocycles. The summed E-state index contributed by atoms with van der Waals surface area (Å²) >= 11 is 0. The molecule has 0 radical (unpaired) electrons. The molecule has 1 aliphatic rings. The maximum atomic E-state index is 12.4. The van der Waals surface area contributed by atoms with E-state index in [1.807, 2.05) is 36.4 Å². The van der Waals surface area contributed by atoms with Crippen molar-refractivity contribution in [3.8, 4) is 11.1 Å². The van der Waals surface area contributed by atoms with Crippen molar-refractivity contribution >= 4 is 23.8 Å². The molecule has 0 saturated heterocycles. The fraction of sp³-hybridized carbons (Fsp3) is 0.217. The number of carboxylic acid groups (broad SMARTS) is 1. The fourth-order valence-corrected chi connectivity index (χ4v) is 3.81. The van der Waals surface area contributed by atoms with Gasteiger partial charge in [0, 0.05) is 19.0 Å². The van der Waals surface area contributed by atoms with E-state index in [4.69, 9.17) is 9.84 Å². The van der Waals surface area contributed by atoms with Gasteiger partial charge in [-0.25, -0.2) is 9.59 Å². The zero-order valence-electron chi connectivity index (χ0n) is 17.5. The second kappa shape index (κ2) is 8.54. The first-order valence-corrected chi connectivity index (χ1v) is 10.0. The summed E-state index contributed by atoms with van der Waals surface area (Å²) in [5, 5.41) is 17.8. The quantitative estimate of drug-likeness (QED) is 0.548. The lowest BCUT2D eigenvalue weighted by atomic mass is 9.98. The van der Waals surface area contributed by atoms with Gasteiger partial charge in [0.2, 0.25) is 5.91 Å². The Morgan fingerprint density at radius 1 is 1.09 bits per heavy atom. The van der Waals surface area contributed by atoms with Gasteiger partial charge in [-0.2, -0.15) is 5.10 Å². The highest BCUT2D eigenvalue weighted by Gasteiger charge is 2.29. The van der Waals surface area contributed by atoms with Crippen LogP contribution in [0.3, 0.4) is 0 Å². The maximum Gasteiger partial charge on any atom is 0.407 e. The molecule has 1 atom stereocenters. The normalized spacial score (nSPS) is 13.1. The van der Waals surface area contributed by atoms with E-state index >= 15 is 0 Å². The number of amides is 2. The van der Waals surface area contributed by atoms with Gasteiger partial charge in [0.1, 0.15) is 18.5 Å². The van der Waals surface area contributed by atoms with Crippen LogP contribution in [0.5, 0.6) is 0 Å². The minimum absolute atomic E-state index is 0.0823. The number of carboxylic acids is 1. The van der Waals surface area contributed by atoms with E-state index in [2.05, 4.69) is 27.9 Å². The number of anilines is 1. The molecule has 0 saturated carbocycles. The molecular weight excluding hydrogens is 412 g/mol. The summed E-state index contributed by atoms with van der Waals surface area (Å²) in [6, 6.07) is 16.4. The summed E-state index contributed by atoms with van der Waals surface area (Å²) in [4.78, 5) is 35.7. The molecule has 3 aromatic rings. The molecule has 0 bridgehead atoms. The topological polar surface area (TPSA) is 123 Å². The van der Waals surface area contributed by atoms with E-state index in [-0.39, 0.29) is 24.0 Å². The third kappa shape index (κ3) is 4.04. The SMILES string of the molecule is CC(NC(=O)OCC1c2ccccc2-c2ccccc21)C(=O)Nc1cc(C(=O)O)nn1C. The molecule has 2 aromatic carbocycles. The van der Waals surface area contributed by atoms with Crippen molar-refractivity contribution in [1.29, 1.82) is 0 Å². The van der Waals surface area contributed by atoms with E-state index in [0.29, 0.717) is 0 Å². The number of aromatic carboxylic acids is 1. The molecule has 32 heavy (non-hydrogen) atoms. The first-order chi connectivity index (χ1) is 15.3.